The van der Waals surface area contributed by atoms with Crippen molar-refractivity contribution in [3.8, 4) is 45.3 Å². The summed E-state index contributed by atoms with van der Waals surface area (Å²) >= 11 is 0. The van der Waals surface area contributed by atoms with Crippen LogP contribution in [0, 0.1) is 0 Å². The van der Waals surface area contributed by atoms with Crippen molar-refractivity contribution >= 4 is 65.2 Å². The van der Waals surface area contributed by atoms with Crippen LogP contribution in [0.3, 0.4) is 0 Å². The van der Waals surface area contributed by atoms with Crippen LogP contribution in [0.5, 0.6) is 0 Å². The predicted octanol–water partition coefficient (Wildman–Crippen LogP) is 14.0. The third kappa shape index (κ3) is 4.88. The molecule has 0 N–H and O–H groups in total. The van der Waals surface area contributed by atoms with Gasteiger partial charge in [0.2, 0.25) is 0 Å². The largest absolute Gasteiger partial charge is 0.309 e. The van der Waals surface area contributed by atoms with Gasteiger partial charge in [0.05, 0.1) is 33.5 Å². The van der Waals surface area contributed by atoms with Gasteiger partial charge in [0.25, 0.3) is 0 Å². The van der Waals surface area contributed by atoms with E-state index < -0.39 is 0 Å². The van der Waals surface area contributed by atoms with E-state index in [2.05, 4.69) is 203 Å². The van der Waals surface area contributed by atoms with Crippen LogP contribution in [0.2, 0.25) is 0 Å². The first-order chi connectivity index (χ1) is 28.8. The minimum atomic E-state index is 0.698. The summed E-state index contributed by atoms with van der Waals surface area (Å²) in [6, 6.07) is 73.6. The van der Waals surface area contributed by atoms with E-state index in [1.165, 1.54) is 65.2 Å². The quantitative estimate of drug-likeness (QED) is 0.165. The Hall–Kier alpha value is -7.82. The lowest BCUT2D eigenvalue weighted by molar-refractivity contribution is 1.16. The molecule has 0 amide bonds. The fraction of sp³-hybridized carbons (Fsp3) is 0. The zero-order chi connectivity index (χ0) is 38.2. The lowest BCUT2D eigenvalue weighted by Gasteiger charge is -2.14. The number of benzene rings is 9. The van der Waals surface area contributed by atoms with E-state index in [4.69, 9.17) is 9.97 Å². The summed E-state index contributed by atoms with van der Waals surface area (Å²) in [6.45, 7) is 0. The molecule has 12 rings (SSSR count). The van der Waals surface area contributed by atoms with Crippen LogP contribution in [0.25, 0.3) is 110 Å². The fourth-order valence-corrected chi connectivity index (χ4v) is 9.19. The third-order valence-electron chi connectivity index (χ3n) is 11.7. The molecule has 0 bridgehead atoms. The van der Waals surface area contributed by atoms with Crippen molar-refractivity contribution in [3.63, 3.8) is 0 Å². The highest BCUT2D eigenvalue weighted by atomic mass is 15.0. The number of hydrogen-bond donors (Lipinski definition) is 0. The Morgan fingerprint density at radius 1 is 0.293 bits per heavy atom. The molecule has 4 heteroatoms. The molecule has 9 aromatic carbocycles. The van der Waals surface area contributed by atoms with E-state index in [1.54, 1.807) is 0 Å². The number of nitrogens with zero attached hydrogens (tertiary/aromatic N) is 4. The average molecular weight is 739 g/mol. The molecular formula is C54H34N4. The van der Waals surface area contributed by atoms with E-state index in [0.717, 1.165) is 39.5 Å². The van der Waals surface area contributed by atoms with Crippen molar-refractivity contribution < 1.29 is 0 Å². The highest BCUT2D eigenvalue weighted by molar-refractivity contribution is 6.39. The first-order valence-electron chi connectivity index (χ1n) is 19.8. The summed E-state index contributed by atoms with van der Waals surface area (Å²) in [6.07, 6.45) is 0. The SMILES string of the molecule is c1ccc(-c2cc(-c3ccccc3)nc(-c3ccc(-n4c5ccccc5c5c6c(ccc54)c4ccccc4c4c6c5ccccc5n4-c4ccccc4)cc3)n2)cc1. The van der Waals surface area contributed by atoms with Crippen LogP contribution >= 0.6 is 0 Å². The van der Waals surface area contributed by atoms with Gasteiger partial charge in [0.1, 0.15) is 0 Å². The number of fused-ring (bicyclic) bond motifs is 12. The van der Waals surface area contributed by atoms with E-state index >= 15 is 0 Å². The summed E-state index contributed by atoms with van der Waals surface area (Å²) in [7, 11) is 0. The second-order valence-electron chi connectivity index (χ2n) is 14.9. The van der Waals surface area contributed by atoms with Crippen LogP contribution in [-0.2, 0) is 0 Å². The molecule has 0 saturated heterocycles. The van der Waals surface area contributed by atoms with Crippen LogP contribution in [0.15, 0.2) is 206 Å². The highest BCUT2D eigenvalue weighted by Crippen LogP contribution is 2.47. The van der Waals surface area contributed by atoms with Crippen LogP contribution in [-0.4, -0.2) is 19.1 Å². The molecule has 0 aliphatic carbocycles. The number of hydrogen-bond acceptors (Lipinski definition) is 2. The lowest BCUT2D eigenvalue weighted by Crippen LogP contribution is -1.97. The van der Waals surface area contributed by atoms with Crippen LogP contribution in [0.4, 0.5) is 0 Å². The topological polar surface area (TPSA) is 35.6 Å². The summed E-state index contributed by atoms with van der Waals surface area (Å²) in [4.78, 5) is 10.2. The highest BCUT2D eigenvalue weighted by Gasteiger charge is 2.23. The van der Waals surface area contributed by atoms with E-state index in [9.17, 15) is 0 Å². The first-order valence-corrected chi connectivity index (χ1v) is 19.8. The Kier molecular flexibility index (Phi) is 7.20. The van der Waals surface area contributed by atoms with Crippen molar-refractivity contribution in [3.05, 3.63) is 206 Å². The second kappa shape index (κ2) is 12.9. The summed E-state index contributed by atoms with van der Waals surface area (Å²) < 4.78 is 4.88. The molecule has 0 aliphatic rings. The average Bonchev–Trinajstić information content (AvgIpc) is 3.84. The van der Waals surface area contributed by atoms with Gasteiger partial charge < -0.3 is 9.13 Å². The zero-order valence-electron chi connectivity index (χ0n) is 31.4. The molecule has 4 nitrogen and oxygen atoms in total. The molecule has 0 radical (unpaired) electrons. The van der Waals surface area contributed by atoms with E-state index in [1.807, 2.05) is 12.1 Å². The van der Waals surface area contributed by atoms with Crippen molar-refractivity contribution in [2.45, 2.75) is 0 Å². The predicted molar refractivity (Wildman–Crippen MR) is 242 cm³/mol. The smallest absolute Gasteiger partial charge is 0.160 e. The van der Waals surface area contributed by atoms with Gasteiger partial charge in [-0.15, -0.1) is 0 Å². The molecule has 270 valence electrons. The van der Waals surface area contributed by atoms with Gasteiger partial charge in [-0.05, 0) is 71.4 Å². The van der Waals surface area contributed by atoms with Gasteiger partial charge in [0, 0.05) is 60.4 Å². The molecule has 58 heavy (non-hydrogen) atoms. The Balaban J connectivity index is 1.12. The maximum absolute atomic E-state index is 5.11. The van der Waals surface area contributed by atoms with Crippen LogP contribution < -0.4 is 0 Å². The van der Waals surface area contributed by atoms with Crippen molar-refractivity contribution in [1.29, 1.82) is 0 Å². The zero-order valence-corrected chi connectivity index (χ0v) is 31.4. The first kappa shape index (κ1) is 32.4. The van der Waals surface area contributed by atoms with Gasteiger partial charge in [0.15, 0.2) is 5.82 Å². The Labute approximate surface area is 334 Å². The van der Waals surface area contributed by atoms with Crippen molar-refractivity contribution in [1.82, 2.24) is 19.1 Å². The Bertz CT molecular complexity index is 3470. The number of rotatable bonds is 5. The Morgan fingerprint density at radius 3 is 1.43 bits per heavy atom. The lowest BCUT2D eigenvalue weighted by atomic mass is 9.93. The Morgan fingerprint density at radius 2 is 0.793 bits per heavy atom. The van der Waals surface area contributed by atoms with Gasteiger partial charge in [-0.1, -0.05) is 146 Å². The van der Waals surface area contributed by atoms with E-state index in [0.29, 0.717) is 5.82 Å². The molecule has 0 fully saturated rings. The summed E-state index contributed by atoms with van der Waals surface area (Å²) in [5.41, 5.74) is 11.9. The molecule has 0 atom stereocenters. The molecule has 3 aromatic heterocycles. The number of para-hydroxylation sites is 3. The van der Waals surface area contributed by atoms with E-state index in [-0.39, 0.29) is 0 Å². The summed E-state index contributed by atoms with van der Waals surface area (Å²) in [5.74, 6) is 0.698. The van der Waals surface area contributed by atoms with Gasteiger partial charge in [-0.25, -0.2) is 9.97 Å². The normalized spacial score (nSPS) is 11.8. The van der Waals surface area contributed by atoms with Gasteiger partial charge in [-0.2, -0.15) is 0 Å². The minimum Gasteiger partial charge on any atom is -0.309 e. The van der Waals surface area contributed by atoms with Gasteiger partial charge >= 0.3 is 0 Å². The molecule has 12 aromatic rings. The molecule has 0 spiro atoms. The molecule has 0 saturated carbocycles. The molecule has 3 heterocycles. The maximum Gasteiger partial charge on any atom is 0.160 e. The van der Waals surface area contributed by atoms with Crippen LogP contribution in [0.1, 0.15) is 0 Å². The molecule has 0 unspecified atom stereocenters. The summed E-state index contributed by atoms with van der Waals surface area (Å²) in [5, 5.41) is 10.1. The second-order valence-corrected chi connectivity index (χ2v) is 14.9. The fourth-order valence-electron chi connectivity index (χ4n) is 9.19. The molecular weight excluding hydrogens is 705 g/mol. The maximum atomic E-state index is 5.11. The van der Waals surface area contributed by atoms with Gasteiger partial charge in [-0.3, -0.25) is 0 Å². The van der Waals surface area contributed by atoms with Crippen molar-refractivity contribution in [2.24, 2.45) is 0 Å². The monoisotopic (exact) mass is 738 g/mol. The molecule has 0 aliphatic heterocycles. The minimum absolute atomic E-state index is 0.698. The standard InChI is InChI=1S/C54H34N4/c1-4-16-35(17-5-1)45-34-46(36-18-6-2-7-19-36)56-54(55-45)37-28-30-39(31-29-37)57-47-26-14-12-24-43(47)50-49(57)33-32-41-40-22-10-11-23-42(40)53-52(51(41)50)44-25-13-15-27-48(44)58(53)38-20-8-3-9-21-38/h1-34H. The van der Waals surface area contributed by atoms with Crippen molar-refractivity contribution in [2.75, 3.05) is 0 Å². The number of aromatic nitrogens is 4. The third-order valence-corrected chi connectivity index (χ3v) is 11.7.